The first-order valence-corrected chi connectivity index (χ1v) is 21.0. The van der Waals surface area contributed by atoms with Crippen LogP contribution in [0.15, 0.2) is 229 Å². The summed E-state index contributed by atoms with van der Waals surface area (Å²) in [7, 11) is 0. The molecule has 62 heavy (non-hydrogen) atoms. The summed E-state index contributed by atoms with van der Waals surface area (Å²) < 4.78 is 6.28. The Morgan fingerprint density at radius 1 is 0.355 bits per heavy atom. The Morgan fingerprint density at radius 2 is 0.968 bits per heavy atom. The number of para-hydroxylation sites is 2. The SMILES string of the molecule is c1ccc(-c2ccccc2N(c2cccc(-c3ccc4c(ccc5ccc6nc(-c7ccccc7)c(-c7ccccc7)nc6c54)c3)c2)c2ccc3oc4ccccc4c3c2)cc1. The van der Waals surface area contributed by atoms with E-state index in [2.05, 4.69) is 205 Å². The van der Waals surface area contributed by atoms with Gasteiger partial charge in [-0.05, 0) is 87.4 Å². The molecule has 0 atom stereocenters. The van der Waals surface area contributed by atoms with Gasteiger partial charge in [-0.25, -0.2) is 9.97 Å². The molecule has 0 aliphatic carbocycles. The van der Waals surface area contributed by atoms with Gasteiger partial charge in [-0.2, -0.15) is 0 Å². The summed E-state index contributed by atoms with van der Waals surface area (Å²) in [4.78, 5) is 13.1. The molecule has 290 valence electrons. The Hall–Kier alpha value is -8.34. The highest BCUT2D eigenvalue weighted by molar-refractivity contribution is 6.19. The second-order valence-corrected chi connectivity index (χ2v) is 15.7. The third kappa shape index (κ3) is 6.08. The van der Waals surface area contributed by atoms with Crippen molar-refractivity contribution in [3.63, 3.8) is 0 Å². The molecule has 2 aromatic heterocycles. The standard InChI is InChI=1S/C58H37N3O/c1-4-15-38(16-5-1)47-23-10-12-25-52(47)61(46-31-34-54-50(37-46)49-24-11-13-26-53(49)62-54)45-22-14-21-42(36-45)43-29-32-48-44(35-43)28-27-39-30-33-51-58(55(39)48)60-57(41-19-8-3-9-20-41)56(59-51)40-17-6-2-7-18-40/h1-37H. The van der Waals surface area contributed by atoms with E-state index in [9.17, 15) is 0 Å². The molecule has 0 radical (unpaired) electrons. The molecule has 0 bridgehead atoms. The van der Waals surface area contributed by atoms with Gasteiger partial charge < -0.3 is 9.32 Å². The van der Waals surface area contributed by atoms with E-state index in [4.69, 9.17) is 14.4 Å². The van der Waals surface area contributed by atoms with Crippen LogP contribution in [0, 0.1) is 0 Å². The van der Waals surface area contributed by atoms with Crippen LogP contribution in [0.5, 0.6) is 0 Å². The zero-order chi connectivity index (χ0) is 41.0. The van der Waals surface area contributed by atoms with E-state index in [1.54, 1.807) is 0 Å². The maximum Gasteiger partial charge on any atom is 0.135 e. The third-order valence-electron chi connectivity index (χ3n) is 12.0. The molecule has 0 spiro atoms. The van der Waals surface area contributed by atoms with Gasteiger partial charge in [-0.15, -0.1) is 0 Å². The smallest absolute Gasteiger partial charge is 0.135 e. The van der Waals surface area contributed by atoms with Gasteiger partial charge in [0.15, 0.2) is 0 Å². The lowest BCUT2D eigenvalue weighted by atomic mass is 9.95. The minimum Gasteiger partial charge on any atom is -0.456 e. The van der Waals surface area contributed by atoms with Crippen LogP contribution in [-0.2, 0) is 0 Å². The second-order valence-electron chi connectivity index (χ2n) is 15.7. The average Bonchev–Trinajstić information content (AvgIpc) is 3.72. The van der Waals surface area contributed by atoms with Gasteiger partial charge in [0.05, 0.1) is 28.1 Å². The molecular weight excluding hydrogens is 755 g/mol. The van der Waals surface area contributed by atoms with E-state index >= 15 is 0 Å². The van der Waals surface area contributed by atoms with Gasteiger partial charge in [0, 0.05) is 44.2 Å². The van der Waals surface area contributed by atoms with Crippen LogP contribution in [0.1, 0.15) is 0 Å². The zero-order valence-corrected chi connectivity index (χ0v) is 33.6. The third-order valence-corrected chi connectivity index (χ3v) is 12.0. The number of fused-ring (bicyclic) bond motifs is 8. The van der Waals surface area contributed by atoms with E-state index in [0.29, 0.717) is 0 Å². The summed E-state index contributed by atoms with van der Waals surface area (Å²) in [5.74, 6) is 0. The normalized spacial score (nSPS) is 11.5. The van der Waals surface area contributed by atoms with Crippen LogP contribution in [0.2, 0.25) is 0 Å². The quantitative estimate of drug-likeness (QED) is 0.151. The largest absolute Gasteiger partial charge is 0.456 e. The van der Waals surface area contributed by atoms with Crippen molar-refractivity contribution >= 4 is 71.6 Å². The number of nitrogens with zero attached hydrogens (tertiary/aromatic N) is 3. The molecule has 12 aromatic rings. The lowest BCUT2D eigenvalue weighted by Crippen LogP contribution is -2.11. The Balaban J connectivity index is 1.02. The molecule has 12 rings (SSSR count). The number of anilines is 3. The van der Waals surface area contributed by atoms with Gasteiger partial charge >= 0.3 is 0 Å². The molecule has 0 saturated carbocycles. The first-order valence-electron chi connectivity index (χ1n) is 21.0. The van der Waals surface area contributed by atoms with Crippen LogP contribution in [-0.4, -0.2) is 9.97 Å². The van der Waals surface area contributed by atoms with Crippen LogP contribution < -0.4 is 4.90 Å². The van der Waals surface area contributed by atoms with E-state index in [-0.39, 0.29) is 0 Å². The maximum absolute atomic E-state index is 6.28. The number of benzene rings is 10. The van der Waals surface area contributed by atoms with Crippen LogP contribution in [0.4, 0.5) is 17.1 Å². The fourth-order valence-electron chi connectivity index (χ4n) is 9.08. The molecule has 4 heteroatoms. The van der Waals surface area contributed by atoms with Crippen molar-refractivity contribution in [2.24, 2.45) is 0 Å². The highest BCUT2D eigenvalue weighted by Gasteiger charge is 2.20. The van der Waals surface area contributed by atoms with Crippen molar-refractivity contribution in [2.75, 3.05) is 4.90 Å². The molecule has 0 aliphatic rings. The summed E-state index contributed by atoms with van der Waals surface area (Å²) in [5, 5.41) is 6.72. The average molecular weight is 792 g/mol. The first-order chi connectivity index (χ1) is 30.7. The molecule has 0 N–H and O–H groups in total. The lowest BCUT2D eigenvalue weighted by Gasteiger charge is -2.28. The molecule has 0 amide bonds. The zero-order valence-electron chi connectivity index (χ0n) is 33.6. The van der Waals surface area contributed by atoms with Crippen molar-refractivity contribution in [2.45, 2.75) is 0 Å². The van der Waals surface area contributed by atoms with E-state index in [1.807, 2.05) is 24.3 Å². The number of furan rings is 1. The molecule has 0 saturated heterocycles. The van der Waals surface area contributed by atoms with E-state index in [0.717, 1.165) is 116 Å². The predicted molar refractivity (Wildman–Crippen MR) is 258 cm³/mol. The van der Waals surface area contributed by atoms with Gasteiger partial charge in [-0.1, -0.05) is 170 Å². The Kier molecular flexibility index (Phi) is 8.46. The number of aromatic nitrogens is 2. The second kappa shape index (κ2) is 14.7. The fraction of sp³-hybridized carbons (Fsp3) is 0. The molecule has 0 aliphatic heterocycles. The van der Waals surface area contributed by atoms with Crippen molar-refractivity contribution in [3.05, 3.63) is 224 Å². The molecule has 10 aromatic carbocycles. The van der Waals surface area contributed by atoms with Gasteiger partial charge in [0.2, 0.25) is 0 Å². The van der Waals surface area contributed by atoms with Crippen LogP contribution in [0.3, 0.4) is 0 Å². The minimum atomic E-state index is 0.871. The first kappa shape index (κ1) is 35.6. The summed E-state index contributed by atoms with van der Waals surface area (Å²) >= 11 is 0. The van der Waals surface area contributed by atoms with Crippen LogP contribution >= 0.6 is 0 Å². The molecule has 2 heterocycles. The maximum atomic E-state index is 6.28. The summed E-state index contributed by atoms with van der Waals surface area (Å²) in [5.41, 5.74) is 15.1. The summed E-state index contributed by atoms with van der Waals surface area (Å²) in [6.07, 6.45) is 0. The van der Waals surface area contributed by atoms with E-state index < -0.39 is 0 Å². The highest BCUT2D eigenvalue weighted by atomic mass is 16.3. The fourth-order valence-corrected chi connectivity index (χ4v) is 9.08. The van der Waals surface area contributed by atoms with Crippen LogP contribution in [0.25, 0.3) is 99.3 Å². The number of rotatable bonds is 7. The van der Waals surface area contributed by atoms with Crippen molar-refractivity contribution in [3.8, 4) is 44.8 Å². The Morgan fingerprint density at radius 3 is 1.77 bits per heavy atom. The Labute approximate surface area is 358 Å². The minimum absolute atomic E-state index is 0.871. The topological polar surface area (TPSA) is 42.2 Å². The van der Waals surface area contributed by atoms with Crippen molar-refractivity contribution in [1.29, 1.82) is 0 Å². The molecule has 0 unspecified atom stereocenters. The summed E-state index contributed by atoms with van der Waals surface area (Å²) in [6.45, 7) is 0. The molecule has 0 fully saturated rings. The van der Waals surface area contributed by atoms with Crippen molar-refractivity contribution < 1.29 is 4.42 Å². The molecule has 4 nitrogen and oxygen atoms in total. The molecular formula is C58H37N3O. The van der Waals surface area contributed by atoms with Gasteiger partial charge in [0.1, 0.15) is 11.2 Å². The Bertz CT molecular complexity index is 3640. The number of hydrogen-bond acceptors (Lipinski definition) is 4. The predicted octanol–water partition coefficient (Wildman–Crippen LogP) is 16.0. The lowest BCUT2D eigenvalue weighted by molar-refractivity contribution is 0.669. The number of hydrogen-bond donors (Lipinski definition) is 0. The van der Waals surface area contributed by atoms with E-state index in [1.165, 1.54) is 0 Å². The van der Waals surface area contributed by atoms with Gasteiger partial charge in [0.25, 0.3) is 0 Å². The van der Waals surface area contributed by atoms with Crippen molar-refractivity contribution in [1.82, 2.24) is 9.97 Å². The highest BCUT2D eigenvalue weighted by Crippen LogP contribution is 2.44. The van der Waals surface area contributed by atoms with Gasteiger partial charge in [-0.3, -0.25) is 0 Å². The summed E-state index contributed by atoms with van der Waals surface area (Å²) in [6, 6.07) is 79.2. The monoisotopic (exact) mass is 791 g/mol.